The number of nitrogens with one attached hydrogen (secondary N) is 2. The van der Waals surface area contributed by atoms with Crippen LogP contribution in [0.4, 0.5) is 4.79 Å². The number of carbonyl (C=O) groups excluding carboxylic acids is 1. The van der Waals surface area contributed by atoms with E-state index in [1.54, 1.807) is 0 Å². The van der Waals surface area contributed by atoms with Crippen LogP contribution < -0.4 is 10.6 Å². The Balaban J connectivity index is 2.48. The molecule has 2 amide bonds. The van der Waals surface area contributed by atoms with Crippen molar-refractivity contribution in [3.8, 4) is 0 Å². The minimum absolute atomic E-state index is 0.00671. The summed E-state index contributed by atoms with van der Waals surface area (Å²) >= 11 is 0. The van der Waals surface area contributed by atoms with Crippen molar-refractivity contribution in [3.63, 3.8) is 0 Å². The third-order valence-corrected chi connectivity index (χ3v) is 3.76. The molecule has 3 nitrogen and oxygen atoms in total. The van der Waals surface area contributed by atoms with Crippen molar-refractivity contribution in [1.29, 1.82) is 0 Å². The Labute approximate surface area is 93.0 Å². The smallest absolute Gasteiger partial charge is 0.315 e. The summed E-state index contributed by atoms with van der Waals surface area (Å²) in [6.07, 6.45) is 5.66. The second kappa shape index (κ2) is 5.38. The summed E-state index contributed by atoms with van der Waals surface area (Å²) in [6.45, 7) is 7.50. The van der Waals surface area contributed by atoms with Gasteiger partial charge in [0.25, 0.3) is 0 Å². The fourth-order valence-corrected chi connectivity index (χ4v) is 2.12. The van der Waals surface area contributed by atoms with Gasteiger partial charge in [0.1, 0.15) is 0 Å². The molecular formula is C12H24N2O. The minimum atomic E-state index is 0.00671. The van der Waals surface area contributed by atoms with Crippen LogP contribution in [0.5, 0.6) is 0 Å². The summed E-state index contributed by atoms with van der Waals surface area (Å²) in [5.74, 6) is 0.764. The summed E-state index contributed by atoms with van der Waals surface area (Å²) in [7, 11) is 0. The second-order valence-electron chi connectivity index (χ2n) is 4.82. The Hall–Kier alpha value is -0.730. The van der Waals surface area contributed by atoms with Crippen LogP contribution in [0.1, 0.15) is 52.9 Å². The van der Waals surface area contributed by atoms with Crippen molar-refractivity contribution in [1.82, 2.24) is 10.6 Å². The lowest BCUT2D eigenvalue weighted by atomic mass is 9.83. The zero-order chi connectivity index (χ0) is 11.3. The molecule has 1 aliphatic rings. The first kappa shape index (κ1) is 12.3. The first-order valence-electron chi connectivity index (χ1n) is 6.18. The quantitative estimate of drug-likeness (QED) is 0.722. The molecule has 0 spiro atoms. The monoisotopic (exact) mass is 212 g/mol. The van der Waals surface area contributed by atoms with Gasteiger partial charge in [0.05, 0.1) is 0 Å². The lowest BCUT2D eigenvalue weighted by Crippen LogP contribution is -2.58. The maximum atomic E-state index is 11.3. The Bertz CT molecular complexity index is 218. The summed E-state index contributed by atoms with van der Waals surface area (Å²) < 4.78 is 0. The Morgan fingerprint density at radius 2 is 2.20 bits per heavy atom. The molecule has 0 aromatic heterocycles. The minimum Gasteiger partial charge on any atom is -0.338 e. The normalized spacial score (nSPS) is 28.1. The topological polar surface area (TPSA) is 41.1 Å². The lowest BCUT2D eigenvalue weighted by Gasteiger charge is -2.38. The fourth-order valence-electron chi connectivity index (χ4n) is 2.12. The van der Waals surface area contributed by atoms with Crippen molar-refractivity contribution >= 4 is 6.03 Å². The Morgan fingerprint density at radius 1 is 1.47 bits per heavy atom. The molecule has 88 valence electrons. The summed E-state index contributed by atoms with van der Waals surface area (Å²) in [5.41, 5.74) is 0.0613. The van der Waals surface area contributed by atoms with E-state index in [9.17, 15) is 4.79 Å². The zero-order valence-electron chi connectivity index (χ0n) is 10.2. The van der Waals surface area contributed by atoms with Crippen molar-refractivity contribution < 1.29 is 4.79 Å². The van der Waals surface area contributed by atoms with Gasteiger partial charge in [-0.25, -0.2) is 4.79 Å². The molecule has 1 saturated heterocycles. The number of urea groups is 1. The van der Waals surface area contributed by atoms with E-state index in [1.165, 1.54) is 12.8 Å². The molecule has 0 bridgehead atoms. The third kappa shape index (κ3) is 3.40. The molecule has 0 aromatic rings. The highest BCUT2D eigenvalue weighted by atomic mass is 16.2. The average Bonchev–Trinajstić information content (AvgIpc) is 2.26. The largest absolute Gasteiger partial charge is 0.338 e. The molecule has 0 aliphatic carbocycles. The molecule has 1 unspecified atom stereocenters. The Morgan fingerprint density at radius 3 is 2.73 bits per heavy atom. The van der Waals surface area contributed by atoms with Crippen LogP contribution in [0.25, 0.3) is 0 Å². The number of hydrogen-bond donors (Lipinski definition) is 2. The fraction of sp³-hybridized carbons (Fsp3) is 0.917. The van der Waals surface area contributed by atoms with E-state index in [0.29, 0.717) is 0 Å². The molecule has 3 heteroatoms. The van der Waals surface area contributed by atoms with Gasteiger partial charge in [-0.1, -0.05) is 27.2 Å². The van der Waals surface area contributed by atoms with Gasteiger partial charge in [-0.15, -0.1) is 0 Å². The van der Waals surface area contributed by atoms with Gasteiger partial charge < -0.3 is 10.6 Å². The van der Waals surface area contributed by atoms with Crippen LogP contribution in [0.3, 0.4) is 0 Å². The first-order chi connectivity index (χ1) is 7.12. The molecule has 15 heavy (non-hydrogen) atoms. The molecule has 1 heterocycles. The maximum absolute atomic E-state index is 11.3. The molecule has 1 fully saturated rings. The van der Waals surface area contributed by atoms with Crippen molar-refractivity contribution in [2.45, 2.75) is 58.4 Å². The van der Waals surface area contributed by atoms with E-state index >= 15 is 0 Å². The first-order valence-corrected chi connectivity index (χ1v) is 6.18. The SMILES string of the molecule is CC[C@@H](C)CCC1(CC)CCNC(=O)N1. The van der Waals surface area contributed by atoms with Gasteiger partial charge in [0, 0.05) is 12.1 Å². The second-order valence-corrected chi connectivity index (χ2v) is 4.82. The standard InChI is InChI=1S/C12H24N2O/c1-4-10(3)6-7-12(5-2)8-9-13-11(15)14-12/h10H,4-9H2,1-3H3,(H2,13,14,15)/t10-,12?/m1/s1. The average molecular weight is 212 g/mol. The molecule has 0 aromatic carbocycles. The number of carbonyl (C=O) groups is 1. The van der Waals surface area contributed by atoms with Gasteiger partial charge in [-0.2, -0.15) is 0 Å². The van der Waals surface area contributed by atoms with Crippen molar-refractivity contribution in [2.24, 2.45) is 5.92 Å². The molecule has 0 saturated carbocycles. The van der Waals surface area contributed by atoms with E-state index in [2.05, 4.69) is 31.4 Å². The van der Waals surface area contributed by atoms with Gasteiger partial charge in [-0.05, 0) is 31.6 Å². The number of hydrogen-bond acceptors (Lipinski definition) is 1. The lowest BCUT2D eigenvalue weighted by molar-refractivity contribution is 0.191. The van der Waals surface area contributed by atoms with E-state index < -0.39 is 0 Å². The molecule has 1 rings (SSSR count). The molecule has 2 atom stereocenters. The Kier molecular flexibility index (Phi) is 4.43. The maximum Gasteiger partial charge on any atom is 0.315 e. The predicted octanol–water partition coefficient (Wildman–Crippen LogP) is 2.66. The van der Waals surface area contributed by atoms with Gasteiger partial charge in [0.2, 0.25) is 0 Å². The summed E-state index contributed by atoms with van der Waals surface area (Å²) in [6, 6.07) is 0.00671. The van der Waals surface area contributed by atoms with Crippen LogP contribution in [0.15, 0.2) is 0 Å². The highest BCUT2D eigenvalue weighted by molar-refractivity contribution is 5.75. The molecular weight excluding hydrogens is 188 g/mol. The van der Waals surface area contributed by atoms with Crippen molar-refractivity contribution in [3.05, 3.63) is 0 Å². The van der Waals surface area contributed by atoms with Crippen LogP contribution >= 0.6 is 0 Å². The van der Waals surface area contributed by atoms with E-state index in [-0.39, 0.29) is 11.6 Å². The predicted molar refractivity (Wildman–Crippen MR) is 62.9 cm³/mol. The van der Waals surface area contributed by atoms with Gasteiger partial charge in [0.15, 0.2) is 0 Å². The molecule has 0 radical (unpaired) electrons. The number of rotatable bonds is 5. The summed E-state index contributed by atoms with van der Waals surface area (Å²) in [5, 5.41) is 5.93. The van der Waals surface area contributed by atoms with Crippen LogP contribution in [-0.4, -0.2) is 18.1 Å². The number of amides is 2. The zero-order valence-corrected chi connectivity index (χ0v) is 10.2. The molecule has 1 aliphatic heterocycles. The summed E-state index contributed by atoms with van der Waals surface area (Å²) in [4.78, 5) is 11.3. The van der Waals surface area contributed by atoms with Gasteiger partial charge >= 0.3 is 6.03 Å². The van der Waals surface area contributed by atoms with E-state index in [1.807, 2.05) is 0 Å². The van der Waals surface area contributed by atoms with Crippen LogP contribution in [-0.2, 0) is 0 Å². The molecule has 2 N–H and O–H groups in total. The highest BCUT2D eigenvalue weighted by Gasteiger charge is 2.32. The van der Waals surface area contributed by atoms with Crippen LogP contribution in [0, 0.1) is 5.92 Å². The highest BCUT2D eigenvalue weighted by Crippen LogP contribution is 2.26. The van der Waals surface area contributed by atoms with Crippen molar-refractivity contribution in [2.75, 3.05) is 6.54 Å². The van der Waals surface area contributed by atoms with E-state index in [4.69, 9.17) is 0 Å². The third-order valence-electron chi connectivity index (χ3n) is 3.76. The van der Waals surface area contributed by atoms with Gasteiger partial charge in [-0.3, -0.25) is 0 Å². The van der Waals surface area contributed by atoms with E-state index in [0.717, 1.165) is 31.7 Å². The van der Waals surface area contributed by atoms with Crippen LogP contribution in [0.2, 0.25) is 0 Å².